The Hall–Kier alpha value is -3.44. The van der Waals surface area contributed by atoms with Gasteiger partial charge in [0, 0.05) is 24.5 Å². The number of ether oxygens (including phenoxy) is 1. The van der Waals surface area contributed by atoms with Gasteiger partial charge in [-0.3, -0.25) is 4.72 Å². The van der Waals surface area contributed by atoms with Crippen molar-refractivity contribution in [2.75, 3.05) is 10.0 Å². The molecule has 1 heterocycles. The minimum atomic E-state index is -4.03. The number of amides is 1. The minimum absolute atomic E-state index is 0.0560. The second-order valence-electron chi connectivity index (χ2n) is 11.1. The maximum Gasteiger partial charge on any atom is 0.407 e. The summed E-state index contributed by atoms with van der Waals surface area (Å²) in [5.41, 5.74) is 0.933. The van der Waals surface area contributed by atoms with Crippen molar-refractivity contribution < 1.29 is 22.3 Å². The van der Waals surface area contributed by atoms with Crippen LogP contribution in [-0.4, -0.2) is 42.2 Å². The highest BCUT2D eigenvalue weighted by Gasteiger charge is 2.25. The molecule has 0 aliphatic heterocycles. The zero-order valence-corrected chi connectivity index (χ0v) is 24.9. The third kappa shape index (κ3) is 9.02. The van der Waals surface area contributed by atoms with Crippen LogP contribution in [0.2, 0.25) is 5.02 Å². The molecular weight excluding hydrogens is 569 g/mol. The van der Waals surface area contributed by atoms with Gasteiger partial charge in [0.05, 0.1) is 10.7 Å². The molecule has 220 valence electrons. The van der Waals surface area contributed by atoms with Gasteiger partial charge in [-0.05, 0) is 94.7 Å². The monoisotopic (exact) mass is 603 g/mol. The Bertz CT molecular complexity index is 1460. The van der Waals surface area contributed by atoms with Gasteiger partial charge >= 0.3 is 6.09 Å². The Morgan fingerprint density at radius 3 is 2.27 bits per heavy atom. The number of anilines is 2. The Morgan fingerprint density at radius 1 is 1.00 bits per heavy atom. The van der Waals surface area contributed by atoms with Gasteiger partial charge in [-0.2, -0.15) is 0 Å². The van der Waals surface area contributed by atoms with Gasteiger partial charge < -0.3 is 15.4 Å². The van der Waals surface area contributed by atoms with E-state index in [0.29, 0.717) is 24.4 Å². The molecule has 0 saturated heterocycles. The van der Waals surface area contributed by atoms with Crippen molar-refractivity contribution in [2.24, 2.45) is 0 Å². The lowest BCUT2D eigenvalue weighted by Crippen LogP contribution is -2.42. The SMILES string of the molecule is CC(C)(C)OC(=O)N[C@H]1CC[C@H](Nc2ncc(CCc3ccc(NS(=O)(=O)c4ccccc4Cl)c(F)c3)cn2)CC1. The summed E-state index contributed by atoms with van der Waals surface area (Å²) in [7, 11) is -4.03. The first-order chi connectivity index (χ1) is 19.4. The fourth-order valence-corrected chi connectivity index (χ4v) is 6.13. The van der Waals surface area contributed by atoms with Crippen molar-refractivity contribution in [1.82, 2.24) is 15.3 Å². The summed E-state index contributed by atoms with van der Waals surface area (Å²) in [6.07, 6.45) is 7.65. The molecule has 3 N–H and O–H groups in total. The van der Waals surface area contributed by atoms with E-state index in [1.807, 2.05) is 20.8 Å². The van der Waals surface area contributed by atoms with Crippen LogP contribution < -0.4 is 15.4 Å². The Balaban J connectivity index is 1.24. The zero-order valence-electron chi connectivity index (χ0n) is 23.3. The molecule has 12 heteroatoms. The molecule has 1 aliphatic carbocycles. The van der Waals surface area contributed by atoms with Gasteiger partial charge in [-0.25, -0.2) is 27.6 Å². The normalized spacial score (nSPS) is 17.5. The van der Waals surface area contributed by atoms with Gasteiger partial charge in [-0.15, -0.1) is 0 Å². The summed E-state index contributed by atoms with van der Waals surface area (Å²) >= 11 is 5.99. The summed E-state index contributed by atoms with van der Waals surface area (Å²) in [5.74, 6) is -0.136. The quantitative estimate of drug-likeness (QED) is 0.270. The molecule has 0 spiro atoms. The largest absolute Gasteiger partial charge is 0.444 e. The fourth-order valence-electron chi connectivity index (χ4n) is 4.55. The van der Waals surface area contributed by atoms with Gasteiger partial charge in [0.1, 0.15) is 16.3 Å². The van der Waals surface area contributed by atoms with Gasteiger partial charge in [0.15, 0.2) is 0 Å². The highest BCUT2D eigenvalue weighted by Crippen LogP contribution is 2.26. The molecule has 1 aromatic heterocycles. The van der Waals surface area contributed by atoms with Gasteiger partial charge in [0.2, 0.25) is 5.95 Å². The van der Waals surface area contributed by atoms with Crippen LogP contribution in [0, 0.1) is 5.82 Å². The predicted molar refractivity (Wildman–Crippen MR) is 157 cm³/mol. The van der Waals surface area contributed by atoms with E-state index in [2.05, 4.69) is 25.3 Å². The number of nitrogens with one attached hydrogen (secondary N) is 3. The first kappa shape index (κ1) is 30.5. The molecule has 9 nitrogen and oxygen atoms in total. The lowest BCUT2D eigenvalue weighted by molar-refractivity contribution is 0.0492. The third-order valence-electron chi connectivity index (χ3n) is 6.59. The van der Waals surface area contributed by atoms with Crippen LogP contribution >= 0.6 is 11.6 Å². The number of carbonyl (C=O) groups excluding carboxylic acids is 1. The van der Waals surface area contributed by atoms with Crippen molar-refractivity contribution in [2.45, 2.75) is 81.9 Å². The van der Waals surface area contributed by atoms with Crippen LogP contribution in [-0.2, 0) is 27.6 Å². The van der Waals surface area contributed by atoms with E-state index < -0.39 is 21.4 Å². The molecule has 0 atom stereocenters. The summed E-state index contributed by atoms with van der Waals surface area (Å²) in [6, 6.07) is 10.7. The number of hydrogen-bond acceptors (Lipinski definition) is 7. The summed E-state index contributed by atoms with van der Waals surface area (Å²) in [6.45, 7) is 5.53. The van der Waals surface area contributed by atoms with E-state index in [4.69, 9.17) is 16.3 Å². The fraction of sp³-hybridized carbons (Fsp3) is 0.414. The second kappa shape index (κ2) is 13.0. The molecule has 1 saturated carbocycles. The number of hydrogen-bond donors (Lipinski definition) is 3. The molecule has 1 aliphatic rings. The van der Waals surface area contributed by atoms with Crippen LogP contribution in [0.15, 0.2) is 59.8 Å². The number of benzene rings is 2. The number of alkyl carbamates (subject to hydrolysis) is 1. The van der Waals surface area contributed by atoms with Crippen LogP contribution in [0.4, 0.5) is 20.8 Å². The Kier molecular flexibility index (Phi) is 9.70. The van der Waals surface area contributed by atoms with E-state index >= 15 is 0 Å². The number of aromatic nitrogens is 2. The average Bonchev–Trinajstić information content (AvgIpc) is 2.90. The first-order valence-corrected chi connectivity index (χ1v) is 15.4. The number of halogens is 2. The lowest BCUT2D eigenvalue weighted by Gasteiger charge is -2.30. The topological polar surface area (TPSA) is 122 Å². The van der Waals surface area contributed by atoms with Crippen LogP contribution in [0.3, 0.4) is 0 Å². The molecule has 0 radical (unpaired) electrons. The predicted octanol–water partition coefficient (Wildman–Crippen LogP) is 6.10. The van der Waals surface area contributed by atoms with E-state index in [0.717, 1.165) is 31.2 Å². The highest BCUT2D eigenvalue weighted by molar-refractivity contribution is 7.92. The van der Waals surface area contributed by atoms with Crippen molar-refractivity contribution in [3.63, 3.8) is 0 Å². The number of carbonyl (C=O) groups is 1. The van der Waals surface area contributed by atoms with Crippen LogP contribution in [0.1, 0.15) is 57.6 Å². The van der Waals surface area contributed by atoms with Gasteiger partial charge in [-0.1, -0.05) is 29.8 Å². The van der Waals surface area contributed by atoms with Crippen LogP contribution in [0.5, 0.6) is 0 Å². The lowest BCUT2D eigenvalue weighted by atomic mass is 9.91. The smallest absolute Gasteiger partial charge is 0.407 e. The standard InChI is InChI=1S/C29H35ClFN5O4S/c1-29(2,3)40-28(37)35-22-13-11-21(12-14-22)34-27-32-17-20(18-33-27)9-8-19-10-15-25(24(31)16-19)36-41(38,39)26-7-5-4-6-23(26)30/h4-7,10,15-18,21-22,36H,8-9,11-14H2,1-3H3,(H,35,37)(H,32,33,34)/t21-,22-. The molecule has 41 heavy (non-hydrogen) atoms. The maximum absolute atomic E-state index is 14.7. The first-order valence-electron chi connectivity index (χ1n) is 13.5. The van der Waals surface area contributed by atoms with Crippen molar-refractivity contribution >= 4 is 39.4 Å². The van der Waals surface area contributed by atoms with Crippen LogP contribution in [0.25, 0.3) is 0 Å². The Labute approximate surface area is 245 Å². The maximum atomic E-state index is 14.7. The zero-order chi connectivity index (χ0) is 29.6. The summed E-state index contributed by atoms with van der Waals surface area (Å²) in [5, 5.41) is 6.36. The summed E-state index contributed by atoms with van der Waals surface area (Å²) < 4.78 is 47.6. The molecule has 4 rings (SSSR count). The molecule has 2 aromatic carbocycles. The van der Waals surface area contributed by atoms with Crippen molar-refractivity contribution in [3.05, 3.63) is 76.8 Å². The molecule has 1 fully saturated rings. The number of sulfonamides is 1. The number of aryl methyl sites for hydroxylation is 2. The molecule has 1 amide bonds. The Morgan fingerprint density at radius 2 is 1.63 bits per heavy atom. The molecule has 0 bridgehead atoms. The average molecular weight is 604 g/mol. The molecule has 3 aromatic rings. The van der Waals surface area contributed by atoms with E-state index in [1.165, 1.54) is 24.3 Å². The summed E-state index contributed by atoms with van der Waals surface area (Å²) in [4.78, 5) is 20.7. The van der Waals surface area contributed by atoms with Gasteiger partial charge in [0.25, 0.3) is 10.0 Å². The third-order valence-corrected chi connectivity index (χ3v) is 8.46. The number of rotatable bonds is 9. The second-order valence-corrected chi connectivity index (χ2v) is 13.2. The van der Waals surface area contributed by atoms with Crippen molar-refractivity contribution in [3.8, 4) is 0 Å². The van der Waals surface area contributed by atoms with E-state index in [1.54, 1.807) is 30.6 Å². The van der Waals surface area contributed by atoms with E-state index in [-0.39, 0.29) is 33.8 Å². The number of nitrogens with zero attached hydrogens (tertiary/aromatic N) is 2. The van der Waals surface area contributed by atoms with E-state index in [9.17, 15) is 17.6 Å². The minimum Gasteiger partial charge on any atom is -0.444 e. The molecular formula is C29H35ClFN5O4S. The highest BCUT2D eigenvalue weighted by atomic mass is 35.5. The van der Waals surface area contributed by atoms with Crippen molar-refractivity contribution in [1.29, 1.82) is 0 Å². The molecule has 0 unspecified atom stereocenters.